The summed E-state index contributed by atoms with van der Waals surface area (Å²) in [6.07, 6.45) is 1.14. The Morgan fingerprint density at radius 2 is 2.00 bits per heavy atom. The number of hydrogen-bond acceptors (Lipinski definition) is 4. The summed E-state index contributed by atoms with van der Waals surface area (Å²) in [5.41, 5.74) is 0.890. The lowest BCUT2D eigenvalue weighted by Crippen LogP contribution is -2.12. The van der Waals surface area contributed by atoms with Crippen LogP contribution < -0.4 is 9.88 Å². The van der Waals surface area contributed by atoms with Crippen LogP contribution in [0.15, 0.2) is 41.4 Å². The van der Waals surface area contributed by atoms with Crippen LogP contribution in [-0.2, 0) is 10.0 Å². The Labute approximate surface area is 116 Å². The standard InChI is InChI=1S/C12H11ClN2O3S/c1-8-2-3-9(13)6-11(8)18-12-5-4-10(7-15-12)19(14,16)17/h2-7H,1H3,(H2,14,16,17). The maximum Gasteiger partial charge on any atom is 0.239 e. The normalized spacial score (nSPS) is 11.3. The molecule has 100 valence electrons. The molecule has 0 amide bonds. The maximum atomic E-state index is 11.1. The predicted molar refractivity (Wildman–Crippen MR) is 71.9 cm³/mol. The van der Waals surface area contributed by atoms with Gasteiger partial charge in [0, 0.05) is 11.1 Å². The number of sulfonamides is 1. The molecule has 0 spiro atoms. The number of halogens is 1. The van der Waals surface area contributed by atoms with E-state index < -0.39 is 10.0 Å². The van der Waals surface area contributed by atoms with Gasteiger partial charge in [0.05, 0.1) is 6.20 Å². The Morgan fingerprint density at radius 3 is 2.58 bits per heavy atom. The van der Waals surface area contributed by atoms with Gasteiger partial charge in [-0.2, -0.15) is 0 Å². The van der Waals surface area contributed by atoms with E-state index in [-0.39, 0.29) is 10.8 Å². The highest BCUT2D eigenvalue weighted by molar-refractivity contribution is 7.89. The number of nitrogens with two attached hydrogens (primary N) is 1. The number of ether oxygens (including phenoxy) is 1. The maximum absolute atomic E-state index is 11.1. The smallest absolute Gasteiger partial charge is 0.239 e. The van der Waals surface area contributed by atoms with Crippen LogP contribution in [0.1, 0.15) is 5.56 Å². The minimum Gasteiger partial charge on any atom is -0.439 e. The SMILES string of the molecule is Cc1ccc(Cl)cc1Oc1ccc(S(N)(=O)=O)cn1. The van der Waals surface area contributed by atoms with E-state index in [1.54, 1.807) is 12.1 Å². The summed E-state index contributed by atoms with van der Waals surface area (Å²) in [6, 6.07) is 7.99. The summed E-state index contributed by atoms with van der Waals surface area (Å²) in [4.78, 5) is 3.82. The fourth-order valence-electron chi connectivity index (χ4n) is 1.39. The molecule has 2 N–H and O–H groups in total. The molecule has 2 aromatic rings. The van der Waals surface area contributed by atoms with Gasteiger partial charge in [-0.05, 0) is 30.7 Å². The van der Waals surface area contributed by atoms with Gasteiger partial charge < -0.3 is 4.74 Å². The molecule has 0 unspecified atom stereocenters. The van der Waals surface area contributed by atoms with E-state index in [4.69, 9.17) is 21.5 Å². The Bertz CT molecular complexity index is 699. The average Bonchev–Trinajstić information content (AvgIpc) is 2.33. The third kappa shape index (κ3) is 3.44. The summed E-state index contributed by atoms with van der Waals surface area (Å²) in [5.74, 6) is 0.820. The summed E-state index contributed by atoms with van der Waals surface area (Å²) in [5, 5.41) is 5.52. The molecule has 0 bridgehead atoms. The van der Waals surface area contributed by atoms with E-state index in [0.717, 1.165) is 11.8 Å². The first-order valence-electron chi connectivity index (χ1n) is 5.29. The topological polar surface area (TPSA) is 82.3 Å². The van der Waals surface area contributed by atoms with Gasteiger partial charge in [0.25, 0.3) is 0 Å². The van der Waals surface area contributed by atoms with Crippen LogP contribution in [0, 0.1) is 6.92 Å². The minimum atomic E-state index is -3.75. The van der Waals surface area contributed by atoms with Crippen molar-refractivity contribution in [1.82, 2.24) is 4.98 Å². The molecular weight excluding hydrogens is 288 g/mol. The average molecular weight is 299 g/mol. The van der Waals surface area contributed by atoms with Crippen molar-refractivity contribution in [1.29, 1.82) is 0 Å². The fourth-order valence-corrected chi connectivity index (χ4v) is 2.01. The molecule has 0 fully saturated rings. The third-order valence-corrected chi connectivity index (χ3v) is 3.54. The molecule has 1 aromatic heterocycles. The number of nitrogens with zero attached hydrogens (tertiary/aromatic N) is 1. The molecule has 2 rings (SSSR count). The second-order valence-electron chi connectivity index (χ2n) is 3.89. The molecular formula is C12H11ClN2O3S. The lowest BCUT2D eigenvalue weighted by molar-refractivity contribution is 0.458. The summed E-state index contributed by atoms with van der Waals surface area (Å²) in [6.45, 7) is 1.87. The molecule has 1 aromatic carbocycles. The van der Waals surface area contributed by atoms with Crippen molar-refractivity contribution in [2.45, 2.75) is 11.8 Å². The van der Waals surface area contributed by atoms with Crippen molar-refractivity contribution in [3.8, 4) is 11.6 Å². The van der Waals surface area contributed by atoms with Crippen LogP contribution in [0.5, 0.6) is 11.6 Å². The van der Waals surface area contributed by atoms with Crippen LogP contribution in [0.2, 0.25) is 5.02 Å². The van der Waals surface area contributed by atoms with Crippen molar-refractivity contribution in [2.24, 2.45) is 5.14 Å². The van der Waals surface area contributed by atoms with E-state index in [1.807, 2.05) is 13.0 Å². The third-order valence-electron chi connectivity index (χ3n) is 2.40. The highest BCUT2D eigenvalue weighted by Crippen LogP contribution is 2.27. The molecule has 19 heavy (non-hydrogen) atoms. The molecule has 0 atom stereocenters. The second kappa shape index (κ2) is 5.16. The fraction of sp³-hybridized carbons (Fsp3) is 0.0833. The lowest BCUT2D eigenvalue weighted by Gasteiger charge is -2.08. The van der Waals surface area contributed by atoms with Crippen LogP contribution in [0.4, 0.5) is 0 Å². The van der Waals surface area contributed by atoms with E-state index in [0.29, 0.717) is 10.8 Å². The van der Waals surface area contributed by atoms with Crippen molar-refractivity contribution in [3.05, 3.63) is 47.1 Å². The molecule has 1 heterocycles. The van der Waals surface area contributed by atoms with E-state index in [9.17, 15) is 8.42 Å². The van der Waals surface area contributed by atoms with Gasteiger partial charge in [-0.15, -0.1) is 0 Å². The van der Waals surface area contributed by atoms with Gasteiger partial charge in [0.1, 0.15) is 10.6 Å². The minimum absolute atomic E-state index is 0.0670. The Hall–Kier alpha value is -1.63. The van der Waals surface area contributed by atoms with Crippen molar-refractivity contribution in [3.63, 3.8) is 0 Å². The Balaban J connectivity index is 2.27. The number of aromatic nitrogens is 1. The zero-order chi connectivity index (χ0) is 14.0. The molecule has 7 heteroatoms. The van der Waals surface area contributed by atoms with Gasteiger partial charge in [0.15, 0.2) is 0 Å². The van der Waals surface area contributed by atoms with Crippen LogP contribution >= 0.6 is 11.6 Å². The first-order valence-corrected chi connectivity index (χ1v) is 7.21. The molecule has 0 aliphatic heterocycles. The number of benzene rings is 1. The lowest BCUT2D eigenvalue weighted by atomic mass is 10.2. The van der Waals surface area contributed by atoms with Gasteiger partial charge in [-0.1, -0.05) is 17.7 Å². The monoisotopic (exact) mass is 298 g/mol. The van der Waals surface area contributed by atoms with Gasteiger partial charge in [-0.25, -0.2) is 18.5 Å². The summed E-state index contributed by atoms with van der Waals surface area (Å²) in [7, 11) is -3.75. The van der Waals surface area contributed by atoms with Crippen molar-refractivity contribution >= 4 is 21.6 Å². The Kier molecular flexibility index (Phi) is 3.75. The van der Waals surface area contributed by atoms with Gasteiger partial charge in [0.2, 0.25) is 15.9 Å². The first-order chi connectivity index (χ1) is 8.86. The Morgan fingerprint density at radius 1 is 1.26 bits per heavy atom. The van der Waals surface area contributed by atoms with Gasteiger partial charge >= 0.3 is 0 Å². The molecule has 0 aliphatic carbocycles. The molecule has 0 aliphatic rings. The van der Waals surface area contributed by atoms with Crippen LogP contribution in [-0.4, -0.2) is 13.4 Å². The van der Waals surface area contributed by atoms with Crippen LogP contribution in [0.25, 0.3) is 0 Å². The number of rotatable bonds is 3. The summed E-state index contributed by atoms with van der Waals surface area (Å²) < 4.78 is 27.7. The van der Waals surface area contributed by atoms with E-state index in [2.05, 4.69) is 4.98 Å². The second-order valence-corrected chi connectivity index (χ2v) is 5.89. The van der Waals surface area contributed by atoms with Crippen molar-refractivity contribution in [2.75, 3.05) is 0 Å². The van der Waals surface area contributed by atoms with E-state index in [1.165, 1.54) is 12.1 Å². The zero-order valence-corrected chi connectivity index (χ0v) is 11.6. The highest BCUT2D eigenvalue weighted by atomic mass is 35.5. The number of aryl methyl sites for hydroxylation is 1. The quantitative estimate of drug-likeness (QED) is 0.943. The number of primary sulfonamides is 1. The van der Waals surface area contributed by atoms with Crippen LogP contribution in [0.3, 0.4) is 0 Å². The van der Waals surface area contributed by atoms with Crippen molar-refractivity contribution < 1.29 is 13.2 Å². The van der Waals surface area contributed by atoms with E-state index >= 15 is 0 Å². The van der Waals surface area contributed by atoms with Gasteiger partial charge in [-0.3, -0.25) is 0 Å². The molecule has 0 saturated carbocycles. The molecule has 5 nitrogen and oxygen atoms in total. The largest absolute Gasteiger partial charge is 0.439 e. The zero-order valence-electron chi connectivity index (χ0n) is 10.00. The predicted octanol–water partition coefficient (Wildman–Crippen LogP) is 2.48. The highest BCUT2D eigenvalue weighted by Gasteiger charge is 2.09. The summed E-state index contributed by atoms with van der Waals surface area (Å²) >= 11 is 5.87. The number of hydrogen-bond donors (Lipinski definition) is 1. The molecule has 0 radical (unpaired) electrons. The molecule has 0 saturated heterocycles. The first kappa shape index (κ1) is 13.8. The number of pyridine rings is 1.